The third-order valence-corrected chi connectivity index (χ3v) is 5.07. The van der Waals surface area contributed by atoms with Crippen molar-refractivity contribution in [2.75, 3.05) is 12.0 Å². The number of aromatic amines is 1. The van der Waals surface area contributed by atoms with E-state index in [2.05, 4.69) is 29.2 Å². The van der Waals surface area contributed by atoms with Crippen molar-refractivity contribution in [1.29, 1.82) is 0 Å². The van der Waals surface area contributed by atoms with Crippen molar-refractivity contribution in [3.8, 4) is 22.5 Å². The molecule has 0 unspecified atom stereocenters. The van der Waals surface area contributed by atoms with E-state index in [0.29, 0.717) is 6.42 Å². The van der Waals surface area contributed by atoms with E-state index in [0.717, 1.165) is 41.2 Å². The number of hydrogen-bond acceptors (Lipinski definition) is 3. The Kier molecular flexibility index (Phi) is 5.34. The van der Waals surface area contributed by atoms with E-state index in [1.807, 2.05) is 36.4 Å². The van der Waals surface area contributed by atoms with Crippen molar-refractivity contribution >= 4 is 9.84 Å². The highest BCUT2D eigenvalue weighted by Gasteiger charge is 2.14. The number of nitrogens with zero attached hydrogens (tertiary/aromatic N) is 1. The maximum absolute atomic E-state index is 11.2. The van der Waals surface area contributed by atoms with Crippen molar-refractivity contribution in [2.24, 2.45) is 0 Å². The minimum Gasteiger partial charge on any atom is -0.341 e. The van der Waals surface area contributed by atoms with Crippen LogP contribution in [0.4, 0.5) is 0 Å². The van der Waals surface area contributed by atoms with Crippen LogP contribution in [-0.4, -0.2) is 30.4 Å². The molecule has 0 bridgehead atoms. The van der Waals surface area contributed by atoms with Gasteiger partial charge in [0.15, 0.2) is 0 Å². The van der Waals surface area contributed by atoms with E-state index in [4.69, 9.17) is 4.98 Å². The molecule has 1 heterocycles. The summed E-state index contributed by atoms with van der Waals surface area (Å²) in [6.45, 7) is 0. The normalized spacial score (nSPS) is 11.6. The van der Waals surface area contributed by atoms with Crippen LogP contribution in [0.5, 0.6) is 0 Å². The molecule has 0 aliphatic rings. The number of aromatic nitrogens is 2. The molecule has 0 amide bonds. The number of H-pyrrole nitrogens is 1. The van der Waals surface area contributed by atoms with Crippen LogP contribution in [0.2, 0.25) is 0 Å². The summed E-state index contributed by atoms with van der Waals surface area (Å²) in [5.41, 5.74) is 4.10. The smallest absolute Gasteiger partial charge is 0.147 e. The zero-order chi connectivity index (χ0) is 17.7. The van der Waals surface area contributed by atoms with E-state index < -0.39 is 9.84 Å². The van der Waals surface area contributed by atoms with E-state index in [1.165, 1.54) is 6.26 Å². The number of nitrogens with one attached hydrogen (secondary N) is 1. The Bertz CT molecular complexity index is 860. The van der Waals surface area contributed by atoms with Gasteiger partial charge in [-0.25, -0.2) is 13.4 Å². The quantitative estimate of drug-likeness (QED) is 0.650. The van der Waals surface area contributed by atoms with Crippen LogP contribution < -0.4 is 0 Å². The predicted molar refractivity (Wildman–Crippen MR) is 102 cm³/mol. The molecule has 0 radical (unpaired) electrons. The minimum atomic E-state index is -2.90. The van der Waals surface area contributed by atoms with Crippen LogP contribution in [0, 0.1) is 0 Å². The molecule has 1 aromatic heterocycles. The van der Waals surface area contributed by atoms with Gasteiger partial charge < -0.3 is 4.98 Å². The maximum Gasteiger partial charge on any atom is 0.147 e. The molecular weight excluding hydrogens is 332 g/mol. The van der Waals surface area contributed by atoms with Crippen LogP contribution >= 0.6 is 0 Å². The Morgan fingerprint density at radius 3 is 2.08 bits per heavy atom. The van der Waals surface area contributed by atoms with E-state index in [1.54, 1.807) is 0 Å². The summed E-state index contributed by atoms with van der Waals surface area (Å²) >= 11 is 0. The molecule has 25 heavy (non-hydrogen) atoms. The zero-order valence-corrected chi connectivity index (χ0v) is 15.1. The van der Waals surface area contributed by atoms with E-state index in [-0.39, 0.29) is 5.75 Å². The van der Waals surface area contributed by atoms with Crippen molar-refractivity contribution < 1.29 is 8.42 Å². The molecule has 0 aliphatic carbocycles. The summed E-state index contributed by atoms with van der Waals surface area (Å²) in [4.78, 5) is 8.22. The fourth-order valence-corrected chi connectivity index (χ4v) is 3.54. The molecule has 3 rings (SSSR count). The molecule has 0 fully saturated rings. The number of hydrogen-bond donors (Lipinski definition) is 1. The summed E-state index contributed by atoms with van der Waals surface area (Å²) in [6, 6.07) is 20.2. The number of rotatable bonds is 7. The Hall–Kier alpha value is -2.40. The lowest BCUT2D eigenvalue weighted by Gasteiger charge is -2.02. The van der Waals surface area contributed by atoms with Gasteiger partial charge in [0.1, 0.15) is 15.7 Å². The third kappa shape index (κ3) is 4.79. The molecule has 0 saturated heterocycles. The van der Waals surface area contributed by atoms with Crippen molar-refractivity contribution in [2.45, 2.75) is 19.3 Å². The second-order valence-electron chi connectivity index (χ2n) is 6.23. The first-order chi connectivity index (χ1) is 12.0. The van der Waals surface area contributed by atoms with E-state index >= 15 is 0 Å². The number of aryl methyl sites for hydroxylation is 1. The topological polar surface area (TPSA) is 62.8 Å². The molecule has 0 spiro atoms. The zero-order valence-electron chi connectivity index (χ0n) is 14.3. The van der Waals surface area contributed by atoms with Crippen LogP contribution in [0.1, 0.15) is 18.7 Å². The first kappa shape index (κ1) is 17.4. The van der Waals surface area contributed by atoms with Gasteiger partial charge in [-0.15, -0.1) is 0 Å². The molecular formula is C20H22N2O2S. The number of sulfone groups is 1. The average molecular weight is 354 g/mol. The minimum absolute atomic E-state index is 0.227. The summed E-state index contributed by atoms with van der Waals surface area (Å²) in [5.74, 6) is 1.12. The highest BCUT2D eigenvalue weighted by molar-refractivity contribution is 7.90. The Morgan fingerprint density at radius 1 is 0.880 bits per heavy atom. The standard InChI is InChI=1S/C20H22N2O2S/c1-25(23,24)15-9-8-14-18-21-19(16-10-4-2-5-11-16)20(22-18)17-12-6-3-7-13-17/h2-7,10-13H,8-9,14-15H2,1H3,(H,21,22). The van der Waals surface area contributed by atoms with Crippen LogP contribution in [0.25, 0.3) is 22.5 Å². The van der Waals surface area contributed by atoms with Crippen LogP contribution in [0.15, 0.2) is 60.7 Å². The lowest BCUT2D eigenvalue weighted by atomic mass is 10.1. The Balaban J connectivity index is 1.85. The molecule has 2 aromatic carbocycles. The monoisotopic (exact) mass is 354 g/mol. The van der Waals surface area contributed by atoms with E-state index in [9.17, 15) is 8.42 Å². The summed E-state index contributed by atoms with van der Waals surface area (Å²) in [5, 5.41) is 0. The predicted octanol–water partition coefficient (Wildman–Crippen LogP) is 4.11. The van der Waals surface area contributed by atoms with Gasteiger partial charge in [-0.2, -0.15) is 0 Å². The maximum atomic E-state index is 11.2. The number of imidazole rings is 1. The van der Waals surface area contributed by atoms with Gasteiger partial charge in [0.05, 0.1) is 11.4 Å². The second-order valence-corrected chi connectivity index (χ2v) is 8.49. The van der Waals surface area contributed by atoms with Gasteiger partial charge in [-0.05, 0) is 12.8 Å². The largest absolute Gasteiger partial charge is 0.341 e. The molecule has 0 saturated carbocycles. The first-order valence-electron chi connectivity index (χ1n) is 8.40. The van der Waals surface area contributed by atoms with Gasteiger partial charge >= 0.3 is 0 Å². The fourth-order valence-electron chi connectivity index (χ4n) is 2.82. The average Bonchev–Trinajstić information content (AvgIpc) is 3.04. The first-order valence-corrected chi connectivity index (χ1v) is 10.5. The molecule has 5 heteroatoms. The number of unbranched alkanes of at least 4 members (excludes halogenated alkanes) is 1. The molecule has 0 aliphatic heterocycles. The van der Waals surface area contributed by atoms with Crippen molar-refractivity contribution in [3.05, 3.63) is 66.5 Å². The summed E-state index contributed by atoms with van der Waals surface area (Å²) in [6.07, 6.45) is 3.47. The highest BCUT2D eigenvalue weighted by atomic mass is 32.2. The summed E-state index contributed by atoms with van der Waals surface area (Å²) < 4.78 is 22.5. The Labute approximate surface area is 148 Å². The molecule has 4 nitrogen and oxygen atoms in total. The SMILES string of the molecule is CS(=O)(=O)CCCCc1nc(-c2ccccc2)c(-c2ccccc2)[nH]1. The molecule has 130 valence electrons. The van der Waals surface area contributed by atoms with Gasteiger partial charge in [0.25, 0.3) is 0 Å². The second kappa shape index (κ2) is 7.66. The van der Waals surface area contributed by atoms with Crippen molar-refractivity contribution in [1.82, 2.24) is 9.97 Å². The van der Waals surface area contributed by atoms with Crippen molar-refractivity contribution in [3.63, 3.8) is 0 Å². The lowest BCUT2D eigenvalue weighted by Crippen LogP contribution is -2.03. The molecule has 1 N–H and O–H groups in total. The fraction of sp³-hybridized carbons (Fsp3) is 0.250. The van der Waals surface area contributed by atoms with Gasteiger partial charge in [0.2, 0.25) is 0 Å². The van der Waals surface area contributed by atoms with Gasteiger partial charge in [-0.3, -0.25) is 0 Å². The Morgan fingerprint density at radius 2 is 1.48 bits per heavy atom. The molecule has 3 aromatic rings. The molecule has 0 atom stereocenters. The third-order valence-electron chi connectivity index (χ3n) is 4.04. The highest BCUT2D eigenvalue weighted by Crippen LogP contribution is 2.30. The van der Waals surface area contributed by atoms with Gasteiger partial charge in [0, 0.05) is 29.6 Å². The lowest BCUT2D eigenvalue weighted by molar-refractivity contribution is 0.596. The number of benzene rings is 2. The van der Waals surface area contributed by atoms with Crippen LogP contribution in [0.3, 0.4) is 0 Å². The van der Waals surface area contributed by atoms with Crippen LogP contribution in [-0.2, 0) is 16.3 Å². The van der Waals surface area contributed by atoms with Gasteiger partial charge in [-0.1, -0.05) is 60.7 Å². The summed E-state index contributed by atoms with van der Waals surface area (Å²) in [7, 11) is -2.90.